The van der Waals surface area contributed by atoms with Crippen LogP contribution in [0, 0.1) is 0 Å². The third-order valence-electron chi connectivity index (χ3n) is 2.76. The number of fused-ring (bicyclic) bond motifs is 1. The number of carboxylic acid groups (broad SMARTS) is 2. The number of phenolic OH excluding ortho intramolecular Hbond substituents is 1. The second-order valence-corrected chi connectivity index (χ2v) is 3.81. The highest BCUT2D eigenvalue weighted by Gasteiger charge is 2.20. The minimum atomic E-state index is -1.38. The maximum absolute atomic E-state index is 11.1. The van der Waals surface area contributed by atoms with Crippen LogP contribution in [0.25, 0.3) is 10.8 Å². The summed E-state index contributed by atoms with van der Waals surface area (Å²) in [6, 6.07) is 4.88. The lowest BCUT2D eigenvalue weighted by Gasteiger charge is -2.10. The molecule has 0 heterocycles. The maximum atomic E-state index is 11.1. The fourth-order valence-corrected chi connectivity index (χ4v) is 1.96. The first-order valence-electron chi connectivity index (χ1n) is 5.17. The second kappa shape index (κ2) is 4.41. The predicted molar refractivity (Wildman–Crippen MR) is 64.9 cm³/mol. The van der Waals surface area contributed by atoms with Crippen LogP contribution in [0.2, 0.25) is 0 Å². The highest BCUT2D eigenvalue weighted by molar-refractivity contribution is 6.16. The first-order valence-corrected chi connectivity index (χ1v) is 5.17. The summed E-state index contributed by atoms with van der Waals surface area (Å²) in [6.45, 7) is 0. The Kier molecular flexibility index (Phi) is 2.92. The molecule has 0 aliphatic carbocycles. The molecule has 0 aliphatic rings. The van der Waals surface area contributed by atoms with Crippen LogP contribution in [0.4, 0.5) is 0 Å². The molecule has 19 heavy (non-hydrogen) atoms. The molecule has 0 saturated heterocycles. The molecule has 3 N–H and O–H groups in total. The van der Waals surface area contributed by atoms with E-state index in [4.69, 9.17) is 10.2 Å². The van der Waals surface area contributed by atoms with E-state index < -0.39 is 17.7 Å². The minimum absolute atomic E-state index is 0.0811. The van der Waals surface area contributed by atoms with E-state index in [0.29, 0.717) is 6.29 Å². The Labute approximate surface area is 106 Å². The number of aldehydes is 1. The van der Waals surface area contributed by atoms with Crippen molar-refractivity contribution in [2.45, 2.75) is 0 Å². The van der Waals surface area contributed by atoms with Crippen LogP contribution in [-0.4, -0.2) is 33.5 Å². The van der Waals surface area contributed by atoms with Crippen molar-refractivity contribution in [1.82, 2.24) is 0 Å². The number of hydrogen-bond acceptors (Lipinski definition) is 4. The molecule has 0 amide bonds. The minimum Gasteiger partial charge on any atom is -0.507 e. The number of rotatable bonds is 3. The number of aromatic hydroxyl groups is 1. The van der Waals surface area contributed by atoms with E-state index in [9.17, 15) is 19.5 Å². The van der Waals surface area contributed by atoms with Crippen molar-refractivity contribution in [2.24, 2.45) is 0 Å². The summed E-state index contributed by atoms with van der Waals surface area (Å²) < 4.78 is 0. The molecule has 0 aromatic heterocycles. The first-order chi connectivity index (χ1) is 8.97. The van der Waals surface area contributed by atoms with Crippen molar-refractivity contribution < 1.29 is 29.7 Å². The van der Waals surface area contributed by atoms with Crippen molar-refractivity contribution in [3.05, 3.63) is 41.0 Å². The summed E-state index contributed by atoms with van der Waals surface area (Å²) >= 11 is 0. The monoisotopic (exact) mass is 260 g/mol. The number of carbonyl (C=O) groups is 3. The molecule has 96 valence electrons. The average Bonchev–Trinajstić information content (AvgIpc) is 2.36. The average molecular weight is 260 g/mol. The van der Waals surface area contributed by atoms with E-state index in [1.54, 1.807) is 0 Å². The van der Waals surface area contributed by atoms with Gasteiger partial charge < -0.3 is 15.3 Å². The topological polar surface area (TPSA) is 112 Å². The number of benzene rings is 2. The lowest BCUT2D eigenvalue weighted by molar-refractivity contribution is 0.0695. The zero-order chi connectivity index (χ0) is 14.2. The van der Waals surface area contributed by atoms with Crippen molar-refractivity contribution >= 4 is 29.0 Å². The van der Waals surface area contributed by atoms with Crippen LogP contribution < -0.4 is 0 Å². The summed E-state index contributed by atoms with van der Waals surface area (Å²) in [5.41, 5.74) is -0.739. The smallest absolute Gasteiger partial charge is 0.336 e. The lowest BCUT2D eigenvalue weighted by Crippen LogP contribution is -2.05. The van der Waals surface area contributed by atoms with Gasteiger partial charge in [0, 0.05) is 5.39 Å². The fraction of sp³-hybridized carbons (Fsp3) is 0. The van der Waals surface area contributed by atoms with Crippen molar-refractivity contribution in [3.8, 4) is 5.75 Å². The van der Waals surface area contributed by atoms with Gasteiger partial charge in [-0.2, -0.15) is 0 Å². The summed E-state index contributed by atoms with van der Waals surface area (Å²) in [7, 11) is 0. The van der Waals surface area contributed by atoms with E-state index in [2.05, 4.69) is 0 Å². The van der Waals surface area contributed by atoms with Crippen LogP contribution in [0.5, 0.6) is 5.75 Å². The van der Waals surface area contributed by atoms with E-state index in [0.717, 1.165) is 6.07 Å². The second-order valence-electron chi connectivity index (χ2n) is 3.81. The number of carboxylic acids is 2. The van der Waals surface area contributed by atoms with Crippen molar-refractivity contribution in [3.63, 3.8) is 0 Å². The SMILES string of the molecule is O=Cc1c(O)cc(C(=O)O)c2c(C(=O)O)cccc12. The van der Waals surface area contributed by atoms with Crippen LogP contribution in [0.15, 0.2) is 24.3 Å². The molecule has 6 nitrogen and oxygen atoms in total. The molecule has 2 aromatic carbocycles. The Balaban J connectivity index is 3.08. The number of aromatic carboxylic acids is 2. The number of phenols is 1. The van der Waals surface area contributed by atoms with Gasteiger partial charge in [-0.15, -0.1) is 0 Å². The summed E-state index contributed by atoms with van der Waals surface area (Å²) in [5, 5.41) is 27.8. The molecule has 0 fully saturated rings. The van der Waals surface area contributed by atoms with Gasteiger partial charge in [-0.25, -0.2) is 9.59 Å². The molecule has 6 heteroatoms. The standard InChI is InChI=1S/C13H8O6/c14-5-9-6-2-1-3-7(12(16)17)11(6)8(13(18)19)4-10(9)15/h1-5,15H,(H,16,17)(H,18,19). The molecule has 0 aliphatic heterocycles. The Morgan fingerprint density at radius 1 is 1.05 bits per heavy atom. The zero-order valence-corrected chi connectivity index (χ0v) is 9.45. The van der Waals surface area contributed by atoms with Gasteiger partial charge >= 0.3 is 11.9 Å². The molecular formula is C13H8O6. The Morgan fingerprint density at radius 3 is 2.21 bits per heavy atom. The van der Waals surface area contributed by atoms with Gasteiger partial charge in [0.05, 0.1) is 16.7 Å². The molecule has 0 spiro atoms. The van der Waals surface area contributed by atoms with Crippen LogP contribution in [-0.2, 0) is 0 Å². The van der Waals surface area contributed by atoms with E-state index in [1.165, 1.54) is 18.2 Å². The number of hydrogen-bond donors (Lipinski definition) is 3. The van der Waals surface area contributed by atoms with Gasteiger partial charge in [0.1, 0.15) is 5.75 Å². The van der Waals surface area contributed by atoms with E-state index >= 15 is 0 Å². The highest BCUT2D eigenvalue weighted by atomic mass is 16.4. The quantitative estimate of drug-likeness (QED) is 0.725. The molecule has 0 radical (unpaired) electrons. The van der Waals surface area contributed by atoms with Gasteiger partial charge in [-0.3, -0.25) is 4.79 Å². The van der Waals surface area contributed by atoms with Crippen LogP contribution in [0.1, 0.15) is 31.1 Å². The fourth-order valence-electron chi connectivity index (χ4n) is 1.96. The molecule has 2 aromatic rings. The summed E-state index contributed by atoms with van der Waals surface area (Å²) in [5.74, 6) is -3.19. The normalized spacial score (nSPS) is 10.3. The summed E-state index contributed by atoms with van der Waals surface area (Å²) in [6.07, 6.45) is 0.356. The van der Waals surface area contributed by atoms with E-state index in [-0.39, 0.29) is 27.5 Å². The number of carbonyl (C=O) groups excluding carboxylic acids is 1. The van der Waals surface area contributed by atoms with Crippen molar-refractivity contribution in [1.29, 1.82) is 0 Å². The predicted octanol–water partition coefficient (Wildman–Crippen LogP) is 1.75. The third-order valence-corrected chi connectivity index (χ3v) is 2.76. The Hall–Kier alpha value is -2.89. The molecule has 0 unspecified atom stereocenters. The Bertz CT molecular complexity index is 717. The first kappa shape index (κ1) is 12.6. The van der Waals surface area contributed by atoms with Crippen molar-refractivity contribution in [2.75, 3.05) is 0 Å². The maximum Gasteiger partial charge on any atom is 0.336 e. The largest absolute Gasteiger partial charge is 0.507 e. The molecule has 0 saturated carbocycles. The van der Waals surface area contributed by atoms with Crippen LogP contribution in [0.3, 0.4) is 0 Å². The van der Waals surface area contributed by atoms with Gasteiger partial charge in [0.2, 0.25) is 0 Å². The zero-order valence-electron chi connectivity index (χ0n) is 9.45. The van der Waals surface area contributed by atoms with Gasteiger partial charge in [-0.05, 0) is 17.5 Å². The molecule has 2 rings (SSSR count). The molecule has 0 atom stereocenters. The van der Waals surface area contributed by atoms with E-state index in [1.807, 2.05) is 0 Å². The summed E-state index contributed by atoms with van der Waals surface area (Å²) in [4.78, 5) is 33.2. The lowest BCUT2D eigenvalue weighted by atomic mass is 9.95. The van der Waals surface area contributed by atoms with Gasteiger partial charge in [0.25, 0.3) is 0 Å². The highest BCUT2D eigenvalue weighted by Crippen LogP contribution is 2.31. The van der Waals surface area contributed by atoms with Gasteiger partial charge in [0.15, 0.2) is 6.29 Å². The van der Waals surface area contributed by atoms with Gasteiger partial charge in [-0.1, -0.05) is 12.1 Å². The third kappa shape index (κ3) is 1.89. The molecular weight excluding hydrogens is 252 g/mol. The molecule has 0 bridgehead atoms. The van der Waals surface area contributed by atoms with Crippen LogP contribution >= 0.6 is 0 Å². The Morgan fingerprint density at radius 2 is 1.68 bits per heavy atom.